The Balaban J connectivity index is 3.59. The molecular weight excluding hydrogens is 296 g/mol. The van der Waals surface area contributed by atoms with Crippen LogP contribution in [0.4, 0.5) is 0 Å². The highest BCUT2D eigenvalue weighted by Gasteiger charge is 2.14. The summed E-state index contributed by atoms with van der Waals surface area (Å²) in [6.45, 7) is 4.93. The van der Waals surface area contributed by atoms with Crippen LogP contribution in [0.25, 0.3) is 0 Å². The lowest BCUT2D eigenvalue weighted by Gasteiger charge is -2.09. The SMILES string of the molecule is C#CC(NC(=O)CCOCCCC(=O)CCCC(C)C)C(N)=O. The van der Waals surface area contributed by atoms with Crippen molar-refractivity contribution in [1.82, 2.24) is 5.32 Å². The number of carbonyl (C=O) groups excluding carboxylic acids is 3. The van der Waals surface area contributed by atoms with E-state index in [1.165, 1.54) is 0 Å². The summed E-state index contributed by atoms with van der Waals surface area (Å²) in [4.78, 5) is 33.9. The predicted octanol–water partition coefficient (Wildman–Crippen LogP) is 1.17. The van der Waals surface area contributed by atoms with E-state index in [-0.39, 0.29) is 18.8 Å². The van der Waals surface area contributed by atoms with Crippen molar-refractivity contribution in [3.05, 3.63) is 0 Å². The zero-order valence-electron chi connectivity index (χ0n) is 14.1. The third-order valence-electron chi connectivity index (χ3n) is 3.21. The zero-order valence-corrected chi connectivity index (χ0v) is 14.1. The van der Waals surface area contributed by atoms with Gasteiger partial charge in [0.05, 0.1) is 13.0 Å². The van der Waals surface area contributed by atoms with E-state index in [2.05, 4.69) is 25.1 Å². The minimum Gasteiger partial charge on any atom is -0.381 e. The lowest BCUT2D eigenvalue weighted by atomic mass is 10.0. The number of nitrogens with two attached hydrogens (primary N) is 1. The maximum atomic E-state index is 11.6. The molecular formula is C17H28N2O4. The summed E-state index contributed by atoms with van der Waals surface area (Å²) < 4.78 is 5.29. The molecule has 0 aromatic rings. The van der Waals surface area contributed by atoms with Crippen LogP contribution in [0.3, 0.4) is 0 Å². The number of rotatable bonds is 13. The van der Waals surface area contributed by atoms with E-state index in [4.69, 9.17) is 16.9 Å². The molecule has 0 saturated carbocycles. The second-order valence-corrected chi connectivity index (χ2v) is 5.86. The molecule has 0 aromatic heterocycles. The van der Waals surface area contributed by atoms with Crippen molar-refractivity contribution in [2.75, 3.05) is 13.2 Å². The molecule has 0 spiro atoms. The van der Waals surface area contributed by atoms with Gasteiger partial charge in [-0.15, -0.1) is 6.42 Å². The highest BCUT2D eigenvalue weighted by atomic mass is 16.5. The number of terminal acetylenes is 1. The summed E-state index contributed by atoms with van der Waals surface area (Å²) in [5.74, 6) is 1.82. The van der Waals surface area contributed by atoms with Crippen LogP contribution in [-0.4, -0.2) is 36.9 Å². The Morgan fingerprint density at radius 2 is 1.78 bits per heavy atom. The fourth-order valence-electron chi connectivity index (χ4n) is 1.90. The van der Waals surface area contributed by atoms with Crippen LogP contribution in [-0.2, 0) is 19.1 Å². The topological polar surface area (TPSA) is 98.5 Å². The molecule has 1 unspecified atom stereocenters. The number of amides is 2. The second kappa shape index (κ2) is 12.7. The van der Waals surface area contributed by atoms with Crippen LogP contribution in [0.1, 0.15) is 52.4 Å². The van der Waals surface area contributed by atoms with Gasteiger partial charge in [0.2, 0.25) is 5.91 Å². The minimum absolute atomic E-state index is 0.0911. The molecule has 0 aliphatic carbocycles. The summed E-state index contributed by atoms with van der Waals surface area (Å²) in [6, 6.07) is -1.09. The number of Topliss-reactive ketones (excluding diaryl/α,β-unsaturated/α-hetero) is 1. The number of nitrogens with one attached hydrogen (secondary N) is 1. The molecule has 0 fully saturated rings. The summed E-state index contributed by atoms with van der Waals surface area (Å²) in [6.07, 6.45) is 8.95. The molecule has 0 aliphatic rings. The molecule has 0 saturated heterocycles. The van der Waals surface area contributed by atoms with Crippen molar-refractivity contribution in [1.29, 1.82) is 0 Å². The van der Waals surface area contributed by atoms with E-state index in [1.807, 2.05) is 0 Å². The summed E-state index contributed by atoms with van der Waals surface area (Å²) >= 11 is 0. The van der Waals surface area contributed by atoms with E-state index >= 15 is 0 Å². The molecule has 0 radical (unpaired) electrons. The number of ketones is 1. The van der Waals surface area contributed by atoms with Gasteiger partial charge in [-0.2, -0.15) is 0 Å². The van der Waals surface area contributed by atoms with Crippen molar-refractivity contribution < 1.29 is 19.1 Å². The fraction of sp³-hybridized carbons (Fsp3) is 0.706. The Morgan fingerprint density at radius 1 is 1.13 bits per heavy atom. The maximum Gasteiger partial charge on any atom is 0.252 e. The first kappa shape index (κ1) is 21.1. The lowest BCUT2D eigenvalue weighted by Crippen LogP contribution is -2.43. The van der Waals surface area contributed by atoms with Gasteiger partial charge in [-0.3, -0.25) is 14.4 Å². The molecule has 130 valence electrons. The van der Waals surface area contributed by atoms with Crippen LogP contribution in [0.5, 0.6) is 0 Å². The van der Waals surface area contributed by atoms with E-state index in [1.54, 1.807) is 0 Å². The molecule has 0 bridgehead atoms. The largest absolute Gasteiger partial charge is 0.381 e. The quantitative estimate of drug-likeness (QED) is 0.392. The Kier molecular flexibility index (Phi) is 11.6. The molecule has 2 amide bonds. The monoisotopic (exact) mass is 324 g/mol. The smallest absolute Gasteiger partial charge is 0.252 e. The van der Waals surface area contributed by atoms with E-state index in [9.17, 15) is 14.4 Å². The summed E-state index contributed by atoms with van der Waals surface area (Å²) in [5.41, 5.74) is 5.01. The average Bonchev–Trinajstić information content (AvgIpc) is 2.47. The number of primary amides is 1. The lowest BCUT2D eigenvalue weighted by molar-refractivity contribution is -0.127. The molecule has 6 heteroatoms. The third-order valence-corrected chi connectivity index (χ3v) is 3.21. The van der Waals surface area contributed by atoms with Crippen molar-refractivity contribution >= 4 is 17.6 Å². The third kappa shape index (κ3) is 12.4. The number of hydrogen-bond donors (Lipinski definition) is 2. The van der Waals surface area contributed by atoms with Gasteiger partial charge < -0.3 is 15.8 Å². The van der Waals surface area contributed by atoms with Crippen molar-refractivity contribution in [3.8, 4) is 12.3 Å². The predicted molar refractivity (Wildman–Crippen MR) is 88.3 cm³/mol. The molecule has 6 nitrogen and oxygen atoms in total. The maximum absolute atomic E-state index is 11.6. The first-order valence-electron chi connectivity index (χ1n) is 8.01. The standard InChI is InChI=1S/C17H28N2O4/c1-4-15(17(18)22)19-16(21)10-12-23-11-6-9-14(20)8-5-7-13(2)3/h1,13,15H,5-12H2,2-3H3,(H2,18,22)(H,19,21). The summed E-state index contributed by atoms with van der Waals surface area (Å²) in [7, 11) is 0. The first-order chi connectivity index (χ1) is 10.9. The van der Waals surface area contributed by atoms with Gasteiger partial charge in [0.25, 0.3) is 5.91 Å². The first-order valence-corrected chi connectivity index (χ1v) is 8.01. The van der Waals surface area contributed by atoms with Crippen molar-refractivity contribution in [2.24, 2.45) is 11.7 Å². The normalized spacial score (nSPS) is 11.7. The number of ether oxygens (including phenoxy) is 1. The Morgan fingerprint density at radius 3 is 2.35 bits per heavy atom. The molecule has 23 heavy (non-hydrogen) atoms. The van der Waals surface area contributed by atoms with Crippen LogP contribution in [0.2, 0.25) is 0 Å². The van der Waals surface area contributed by atoms with Gasteiger partial charge >= 0.3 is 0 Å². The van der Waals surface area contributed by atoms with E-state index < -0.39 is 17.9 Å². The molecule has 0 aromatic carbocycles. The van der Waals surface area contributed by atoms with Gasteiger partial charge in [0, 0.05) is 19.4 Å². The summed E-state index contributed by atoms with van der Waals surface area (Å²) in [5, 5.41) is 2.32. The highest BCUT2D eigenvalue weighted by molar-refractivity contribution is 5.89. The van der Waals surface area contributed by atoms with Gasteiger partial charge in [-0.25, -0.2) is 0 Å². The molecule has 0 aliphatic heterocycles. The van der Waals surface area contributed by atoms with Crippen LogP contribution in [0.15, 0.2) is 0 Å². The van der Waals surface area contributed by atoms with Gasteiger partial charge in [-0.1, -0.05) is 26.2 Å². The molecule has 0 heterocycles. The second-order valence-electron chi connectivity index (χ2n) is 5.86. The van der Waals surface area contributed by atoms with E-state index in [0.29, 0.717) is 31.8 Å². The number of hydrogen-bond acceptors (Lipinski definition) is 4. The molecule has 0 rings (SSSR count). The van der Waals surface area contributed by atoms with Crippen LogP contribution in [0, 0.1) is 18.3 Å². The van der Waals surface area contributed by atoms with Crippen LogP contribution >= 0.6 is 0 Å². The molecule has 1 atom stereocenters. The Hall–Kier alpha value is -1.87. The minimum atomic E-state index is -1.09. The van der Waals surface area contributed by atoms with Gasteiger partial charge in [0.1, 0.15) is 5.78 Å². The zero-order chi connectivity index (χ0) is 17.7. The average molecular weight is 324 g/mol. The Labute approximate surface area is 138 Å². The van der Waals surface area contributed by atoms with Gasteiger partial charge in [-0.05, 0) is 18.8 Å². The number of carbonyl (C=O) groups is 3. The van der Waals surface area contributed by atoms with Crippen molar-refractivity contribution in [2.45, 2.75) is 58.4 Å². The highest BCUT2D eigenvalue weighted by Crippen LogP contribution is 2.08. The van der Waals surface area contributed by atoms with E-state index in [0.717, 1.165) is 12.8 Å². The Bertz CT molecular complexity index is 427. The fourth-order valence-corrected chi connectivity index (χ4v) is 1.90. The van der Waals surface area contributed by atoms with Gasteiger partial charge in [0.15, 0.2) is 6.04 Å². The molecule has 3 N–H and O–H groups in total. The van der Waals surface area contributed by atoms with Crippen LogP contribution < -0.4 is 11.1 Å². The van der Waals surface area contributed by atoms with Crippen molar-refractivity contribution in [3.63, 3.8) is 0 Å².